The van der Waals surface area contributed by atoms with Gasteiger partial charge in [0.15, 0.2) is 22.9 Å². The molecule has 8 nitrogen and oxygen atoms in total. The van der Waals surface area contributed by atoms with Gasteiger partial charge in [0.05, 0.1) is 20.3 Å². The van der Waals surface area contributed by atoms with Gasteiger partial charge in [0, 0.05) is 31.9 Å². The zero-order chi connectivity index (χ0) is 27.4. The quantitative estimate of drug-likeness (QED) is 0.264. The first-order chi connectivity index (χ1) is 17.9. The number of ether oxygens (including phenoxy) is 3. The molecule has 0 saturated heterocycles. The van der Waals surface area contributed by atoms with Gasteiger partial charge in [-0.1, -0.05) is 26.7 Å². The fourth-order valence-electron chi connectivity index (χ4n) is 4.13. The summed E-state index contributed by atoms with van der Waals surface area (Å²) in [7, 11) is 1.61. The molecule has 0 spiro atoms. The van der Waals surface area contributed by atoms with Gasteiger partial charge in [-0.05, 0) is 64.8 Å². The van der Waals surface area contributed by atoms with Crippen molar-refractivity contribution in [2.75, 3.05) is 46.5 Å². The number of benzene rings is 1. The SMILES string of the molecule is CCCCOc1c(OCCCC)c(C(=O)N(CC)CC)n(-c2ccc(OC)cc2)c1C(=O)N(CC)CC. The highest BCUT2D eigenvalue weighted by Gasteiger charge is 2.36. The van der Waals surface area contributed by atoms with Crippen molar-refractivity contribution < 1.29 is 23.8 Å². The maximum absolute atomic E-state index is 14.0. The van der Waals surface area contributed by atoms with Crippen LogP contribution in [0.3, 0.4) is 0 Å². The normalized spacial score (nSPS) is 10.8. The summed E-state index contributed by atoms with van der Waals surface area (Å²) >= 11 is 0. The lowest BCUT2D eigenvalue weighted by molar-refractivity contribution is 0.0755. The number of unbranched alkanes of at least 4 members (excludes halogenated alkanes) is 2. The zero-order valence-corrected chi connectivity index (χ0v) is 23.8. The molecule has 0 aliphatic heterocycles. The monoisotopic (exact) mass is 515 g/mol. The molecule has 0 N–H and O–H groups in total. The summed E-state index contributed by atoms with van der Waals surface area (Å²) in [5, 5.41) is 0. The minimum absolute atomic E-state index is 0.203. The van der Waals surface area contributed by atoms with E-state index in [0.717, 1.165) is 25.7 Å². The van der Waals surface area contributed by atoms with Crippen molar-refractivity contribution in [2.24, 2.45) is 0 Å². The van der Waals surface area contributed by atoms with Crippen LogP contribution in [0.15, 0.2) is 24.3 Å². The summed E-state index contributed by atoms with van der Waals surface area (Å²) in [6, 6.07) is 7.34. The molecule has 1 aromatic carbocycles. The van der Waals surface area contributed by atoms with E-state index in [0.29, 0.717) is 73.7 Å². The van der Waals surface area contributed by atoms with E-state index in [1.807, 2.05) is 52.0 Å². The van der Waals surface area contributed by atoms with Gasteiger partial charge in [0.2, 0.25) is 0 Å². The highest BCUT2D eigenvalue weighted by Crippen LogP contribution is 2.42. The van der Waals surface area contributed by atoms with Gasteiger partial charge in [-0.2, -0.15) is 0 Å². The standard InChI is InChI=1S/C29H45N3O5/c1-8-14-20-36-26-24(28(33)30(10-3)11-4)32(22-16-18-23(35-7)19-17-22)25(27(26)37-21-15-9-2)29(34)31(12-5)13-6/h16-19H,8-15,20-21H2,1-7H3. The molecule has 0 saturated carbocycles. The van der Waals surface area contributed by atoms with E-state index in [1.165, 1.54) is 0 Å². The van der Waals surface area contributed by atoms with Crippen molar-refractivity contribution in [3.8, 4) is 22.9 Å². The Morgan fingerprint density at radius 1 is 0.703 bits per heavy atom. The van der Waals surface area contributed by atoms with Gasteiger partial charge in [-0.3, -0.25) is 14.2 Å². The molecule has 0 fully saturated rings. The van der Waals surface area contributed by atoms with Crippen LogP contribution in [0.4, 0.5) is 0 Å². The maximum atomic E-state index is 14.0. The molecular weight excluding hydrogens is 470 g/mol. The summed E-state index contributed by atoms with van der Waals surface area (Å²) in [4.78, 5) is 31.5. The smallest absolute Gasteiger partial charge is 0.274 e. The number of rotatable bonds is 16. The van der Waals surface area contributed by atoms with Gasteiger partial charge < -0.3 is 24.0 Å². The van der Waals surface area contributed by atoms with E-state index in [1.54, 1.807) is 21.5 Å². The van der Waals surface area contributed by atoms with Crippen LogP contribution in [0, 0.1) is 0 Å². The molecule has 0 bridgehead atoms. The Balaban J connectivity index is 2.97. The van der Waals surface area contributed by atoms with Gasteiger partial charge >= 0.3 is 0 Å². The van der Waals surface area contributed by atoms with E-state index < -0.39 is 0 Å². The third-order valence-electron chi connectivity index (χ3n) is 6.41. The second-order valence-corrected chi connectivity index (χ2v) is 8.75. The summed E-state index contributed by atoms with van der Waals surface area (Å²) in [6.07, 6.45) is 3.52. The van der Waals surface area contributed by atoms with Crippen molar-refractivity contribution in [3.05, 3.63) is 35.7 Å². The number of carbonyl (C=O) groups is 2. The van der Waals surface area contributed by atoms with E-state index in [2.05, 4.69) is 13.8 Å². The second kappa shape index (κ2) is 15.2. The lowest BCUT2D eigenvalue weighted by Crippen LogP contribution is -2.34. The third-order valence-corrected chi connectivity index (χ3v) is 6.41. The molecule has 0 unspecified atom stereocenters. The Hall–Kier alpha value is -3.16. The summed E-state index contributed by atoms with van der Waals surface area (Å²) in [5.41, 5.74) is 1.29. The minimum atomic E-state index is -0.203. The van der Waals surface area contributed by atoms with Crippen LogP contribution in [-0.4, -0.2) is 72.7 Å². The summed E-state index contributed by atoms with van der Waals surface area (Å²) in [6.45, 7) is 14.9. The zero-order valence-electron chi connectivity index (χ0n) is 23.8. The van der Waals surface area contributed by atoms with Gasteiger partial charge in [-0.25, -0.2) is 0 Å². The van der Waals surface area contributed by atoms with Crippen LogP contribution in [0.2, 0.25) is 0 Å². The molecule has 1 aromatic heterocycles. The van der Waals surface area contributed by atoms with Crippen LogP contribution < -0.4 is 14.2 Å². The maximum Gasteiger partial charge on any atom is 0.274 e. The molecule has 0 aliphatic carbocycles. The van der Waals surface area contributed by atoms with Crippen LogP contribution >= 0.6 is 0 Å². The first kappa shape index (κ1) is 30.1. The van der Waals surface area contributed by atoms with E-state index in [4.69, 9.17) is 14.2 Å². The fraction of sp³-hybridized carbons (Fsp3) is 0.586. The molecule has 8 heteroatoms. The highest BCUT2D eigenvalue weighted by atomic mass is 16.5. The van der Waals surface area contributed by atoms with Crippen LogP contribution in [0.5, 0.6) is 17.2 Å². The summed E-state index contributed by atoms with van der Waals surface area (Å²) in [5.74, 6) is 0.959. The van der Waals surface area contributed by atoms with Crippen molar-refractivity contribution in [3.63, 3.8) is 0 Å². The number of carbonyl (C=O) groups excluding carboxylic acids is 2. The average molecular weight is 516 g/mol. The molecule has 37 heavy (non-hydrogen) atoms. The first-order valence-electron chi connectivity index (χ1n) is 13.7. The topological polar surface area (TPSA) is 73.2 Å². The van der Waals surface area contributed by atoms with Crippen LogP contribution in [0.1, 0.15) is 88.2 Å². The van der Waals surface area contributed by atoms with Crippen molar-refractivity contribution in [2.45, 2.75) is 67.2 Å². The molecule has 0 radical (unpaired) electrons. The van der Waals surface area contributed by atoms with Gasteiger partial charge in [0.1, 0.15) is 5.75 Å². The molecular formula is C29H45N3O5. The largest absolute Gasteiger partial charge is 0.497 e. The lowest BCUT2D eigenvalue weighted by Gasteiger charge is -2.23. The highest BCUT2D eigenvalue weighted by molar-refractivity contribution is 6.04. The fourth-order valence-corrected chi connectivity index (χ4v) is 4.13. The minimum Gasteiger partial charge on any atom is -0.497 e. The van der Waals surface area contributed by atoms with E-state index in [9.17, 15) is 9.59 Å². The van der Waals surface area contributed by atoms with Crippen LogP contribution in [-0.2, 0) is 0 Å². The molecule has 206 valence electrons. The molecule has 2 rings (SSSR count). The molecule has 0 atom stereocenters. The number of nitrogens with zero attached hydrogens (tertiary/aromatic N) is 3. The number of aromatic nitrogens is 1. The van der Waals surface area contributed by atoms with Crippen molar-refractivity contribution in [1.82, 2.24) is 14.4 Å². The van der Waals surface area contributed by atoms with E-state index >= 15 is 0 Å². The molecule has 2 amide bonds. The number of hydrogen-bond acceptors (Lipinski definition) is 5. The Labute approximate surface area is 222 Å². The molecule has 0 aliphatic rings. The Kier molecular flexibility index (Phi) is 12.3. The van der Waals surface area contributed by atoms with E-state index in [-0.39, 0.29) is 11.8 Å². The Bertz CT molecular complexity index is 936. The Morgan fingerprint density at radius 3 is 1.43 bits per heavy atom. The lowest BCUT2D eigenvalue weighted by atomic mass is 10.2. The molecule has 2 aromatic rings. The number of methoxy groups -OCH3 is 1. The predicted molar refractivity (Wildman–Crippen MR) is 148 cm³/mol. The van der Waals surface area contributed by atoms with Gasteiger partial charge in [-0.15, -0.1) is 0 Å². The first-order valence-corrected chi connectivity index (χ1v) is 13.7. The third kappa shape index (κ3) is 6.99. The molecule has 1 heterocycles. The average Bonchev–Trinajstić information content (AvgIpc) is 3.24. The Morgan fingerprint density at radius 2 is 1.11 bits per heavy atom. The van der Waals surface area contributed by atoms with Crippen LogP contribution in [0.25, 0.3) is 5.69 Å². The predicted octanol–water partition coefficient (Wildman–Crippen LogP) is 5.81. The summed E-state index contributed by atoms with van der Waals surface area (Å²) < 4.78 is 19.7. The van der Waals surface area contributed by atoms with Gasteiger partial charge in [0.25, 0.3) is 11.8 Å². The second-order valence-electron chi connectivity index (χ2n) is 8.75. The van der Waals surface area contributed by atoms with Crippen molar-refractivity contribution in [1.29, 1.82) is 0 Å². The van der Waals surface area contributed by atoms with Crippen molar-refractivity contribution >= 4 is 11.8 Å². The number of amides is 2. The number of hydrogen-bond donors (Lipinski definition) is 0.